The van der Waals surface area contributed by atoms with E-state index in [1.807, 2.05) is 6.08 Å². The summed E-state index contributed by atoms with van der Waals surface area (Å²) in [6.07, 6.45) is 6.10. The monoisotopic (exact) mass is 152 g/mol. The fraction of sp³-hybridized carbons (Fsp3) is 0.667. The fourth-order valence-electron chi connectivity index (χ4n) is 2.17. The summed E-state index contributed by atoms with van der Waals surface area (Å²) >= 11 is 0. The zero-order valence-corrected chi connectivity index (χ0v) is 6.89. The van der Waals surface area contributed by atoms with Crippen LogP contribution in [0.2, 0.25) is 0 Å². The van der Waals surface area contributed by atoms with Gasteiger partial charge in [0, 0.05) is 0 Å². The average Bonchev–Trinajstić information content (AvgIpc) is 2.46. The summed E-state index contributed by atoms with van der Waals surface area (Å²) in [6.45, 7) is 2.14. The van der Waals surface area contributed by atoms with Gasteiger partial charge in [-0.3, -0.25) is 4.79 Å². The van der Waals surface area contributed by atoms with Crippen molar-refractivity contribution in [1.29, 1.82) is 0 Å². The molecule has 0 amide bonds. The molecule has 0 bridgehead atoms. The minimum Gasteiger partial charge on any atom is -0.468 e. The van der Waals surface area contributed by atoms with Crippen LogP contribution in [0.4, 0.5) is 0 Å². The molecule has 2 heteroatoms. The highest BCUT2D eigenvalue weighted by atomic mass is 16.5. The van der Waals surface area contributed by atoms with Gasteiger partial charge in [0.05, 0.1) is 12.5 Å². The normalized spacial score (nSPS) is 45.3. The predicted molar refractivity (Wildman–Crippen MR) is 40.9 cm³/mol. The molecule has 0 spiro atoms. The fourth-order valence-corrected chi connectivity index (χ4v) is 2.17. The SMILES string of the molecule is COC(=O)[C@]12C=CC[C@]1(C)C2. The summed E-state index contributed by atoms with van der Waals surface area (Å²) in [5, 5.41) is 0. The molecule has 0 N–H and O–H groups in total. The lowest BCUT2D eigenvalue weighted by molar-refractivity contribution is -0.146. The Morgan fingerprint density at radius 2 is 2.36 bits per heavy atom. The molecule has 2 rings (SSSR count). The quantitative estimate of drug-likeness (QED) is 0.420. The Morgan fingerprint density at radius 1 is 1.64 bits per heavy atom. The van der Waals surface area contributed by atoms with Gasteiger partial charge in [0.2, 0.25) is 0 Å². The summed E-state index contributed by atoms with van der Waals surface area (Å²) in [6, 6.07) is 0. The van der Waals surface area contributed by atoms with Crippen molar-refractivity contribution in [2.24, 2.45) is 10.8 Å². The van der Waals surface area contributed by atoms with Gasteiger partial charge < -0.3 is 4.74 Å². The second kappa shape index (κ2) is 1.68. The minimum atomic E-state index is -0.234. The first-order valence-electron chi connectivity index (χ1n) is 3.91. The molecule has 2 aliphatic rings. The molecule has 0 saturated heterocycles. The Bertz CT molecular complexity index is 244. The zero-order chi connectivity index (χ0) is 8.11. The number of methoxy groups -OCH3 is 1. The number of hydrogen-bond donors (Lipinski definition) is 0. The van der Waals surface area contributed by atoms with E-state index in [0.717, 1.165) is 12.8 Å². The van der Waals surface area contributed by atoms with Crippen LogP contribution in [-0.2, 0) is 9.53 Å². The van der Waals surface area contributed by atoms with Crippen LogP contribution in [0, 0.1) is 10.8 Å². The first-order chi connectivity index (χ1) is 5.15. The lowest BCUT2D eigenvalue weighted by Gasteiger charge is -2.09. The highest BCUT2D eigenvalue weighted by Gasteiger charge is 2.69. The van der Waals surface area contributed by atoms with Crippen LogP contribution in [0.5, 0.6) is 0 Å². The molecule has 0 aromatic carbocycles. The number of allylic oxidation sites excluding steroid dienone is 1. The van der Waals surface area contributed by atoms with E-state index in [9.17, 15) is 4.79 Å². The number of hydrogen-bond acceptors (Lipinski definition) is 2. The third kappa shape index (κ3) is 0.602. The van der Waals surface area contributed by atoms with Gasteiger partial charge in [0.1, 0.15) is 0 Å². The maximum absolute atomic E-state index is 11.3. The molecule has 1 fully saturated rings. The average molecular weight is 152 g/mol. The van der Waals surface area contributed by atoms with Gasteiger partial charge in [-0.2, -0.15) is 0 Å². The van der Waals surface area contributed by atoms with E-state index in [2.05, 4.69) is 13.0 Å². The van der Waals surface area contributed by atoms with Crippen LogP contribution in [-0.4, -0.2) is 13.1 Å². The van der Waals surface area contributed by atoms with Gasteiger partial charge in [-0.25, -0.2) is 0 Å². The lowest BCUT2D eigenvalue weighted by Crippen LogP contribution is -2.18. The van der Waals surface area contributed by atoms with Crippen molar-refractivity contribution in [3.05, 3.63) is 12.2 Å². The third-order valence-corrected chi connectivity index (χ3v) is 3.14. The molecular formula is C9H12O2. The standard InChI is InChI=1S/C9H12O2/c1-8-4-3-5-9(8,6-8)7(10)11-2/h3,5H,4,6H2,1-2H3/t8-,9-/m1/s1. The summed E-state index contributed by atoms with van der Waals surface area (Å²) < 4.78 is 4.75. The number of rotatable bonds is 1. The molecule has 2 atom stereocenters. The number of ether oxygens (including phenoxy) is 1. The third-order valence-electron chi connectivity index (χ3n) is 3.14. The van der Waals surface area contributed by atoms with Crippen molar-refractivity contribution in [3.8, 4) is 0 Å². The molecule has 0 radical (unpaired) electrons. The van der Waals surface area contributed by atoms with Crippen molar-refractivity contribution < 1.29 is 9.53 Å². The van der Waals surface area contributed by atoms with E-state index < -0.39 is 0 Å². The maximum atomic E-state index is 11.3. The molecule has 0 unspecified atom stereocenters. The second-order valence-corrected chi connectivity index (χ2v) is 3.81. The lowest BCUT2D eigenvalue weighted by atomic mass is 9.98. The zero-order valence-electron chi connectivity index (χ0n) is 6.89. The molecule has 60 valence electrons. The van der Waals surface area contributed by atoms with E-state index in [0.29, 0.717) is 0 Å². The number of carbonyl (C=O) groups excluding carboxylic acids is 1. The van der Waals surface area contributed by atoms with E-state index in [1.54, 1.807) is 0 Å². The van der Waals surface area contributed by atoms with E-state index >= 15 is 0 Å². The van der Waals surface area contributed by atoms with Crippen molar-refractivity contribution >= 4 is 5.97 Å². The van der Waals surface area contributed by atoms with Gasteiger partial charge in [0.25, 0.3) is 0 Å². The molecule has 0 aromatic heterocycles. The van der Waals surface area contributed by atoms with Gasteiger partial charge in [-0.05, 0) is 18.3 Å². The molecule has 11 heavy (non-hydrogen) atoms. The predicted octanol–water partition coefficient (Wildman–Crippen LogP) is 1.52. The number of carbonyl (C=O) groups is 1. The summed E-state index contributed by atoms with van der Waals surface area (Å²) in [4.78, 5) is 11.3. The van der Waals surface area contributed by atoms with Crippen molar-refractivity contribution in [3.63, 3.8) is 0 Å². The number of esters is 1. The topological polar surface area (TPSA) is 26.3 Å². The second-order valence-electron chi connectivity index (χ2n) is 3.81. The summed E-state index contributed by atoms with van der Waals surface area (Å²) in [7, 11) is 1.46. The molecule has 0 aromatic rings. The van der Waals surface area contributed by atoms with Gasteiger partial charge in [0.15, 0.2) is 0 Å². The van der Waals surface area contributed by atoms with E-state index in [-0.39, 0.29) is 16.8 Å². The highest BCUT2D eigenvalue weighted by Crippen LogP contribution is 2.70. The molecule has 2 nitrogen and oxygen atoms in total. The van der Waals surface area contributed by atoms with Crippen molar-refractivity contribution in [2.75, 3.05) is 7.11 Å². The Morgan fingerprint density at radius 3 is 2.73 bits per heavy atom. The van der Waals surface area contributed by atoms with Crippen LogP contribution < -0.4 is 0 Å². The first-order valence-corrected chi connectivity index (χ1v) is 3.91. The van der Waals surface area contributed by atoms with Crippen LogP contribution in [0.3, 0.4) is 0 Å². The van der Waals surface area contributed by atoms with Crippen LogP contribution in [0.25, 0.3) is 0 Å². The first kappa shape index (κ1) is 6.89. The maximum Gasteiger partial charge on any atom is 0.316 e. The minimum absolute atomic E-state index is 0.0613. The smallest absolute Gasteiger partial charge is 0.316 e. The van der Waals surface area contributed by atoms with Crippen LogP contribution in [0.1, 0.15) is 19.8 Å². The summed E-state index contributed by atoms with van der Waals surface area (Å²) in [5.74, 6) is -0.0613. The molecular weight excluding hydrogens is 140 g/mol. The largest absolute Gasteiger partial charge is 0.468 e. The summed E-state index contributed by atoms with van der Waals surface area (Å²) in [5.41, 5.74) is -0.0398. The Hall–Kier alpha value is -0.790. The van der Waals surface area contributed by atoms with Gasteiger partial charge in [-0.1, -0.05) is 19.1 Å². The van der Waals surface area contributed by atoms with Crippen LogP contribution in [0.15, 0.2) is 12.2 Å². The molecule has 2 aliphatic carbocycles. The highest BCUT2D eigenvalue weighted by molar-refractivity contribution is 5.85. The van der Waals surface area contributed by atoms with E-state index in [4.69, 9.17) is 4.74 Å². The van der Waals surface area contributed by atoms with Crippen molar-refractivity contribution in [1.82, 2.24) is 0 Å². The molecule has 0 heterocycles. The molecule has 1 saturated carbocycles. The van der Waals surface area contributed by atoms with Gasteiger partial charge >= 0.3 is 5.97 Å². The van der Waals surface area contributed by atoms with E-state index in [1.165, 1.54) is 7.11 Å². The number of fused-ring (bicyclic) bond motifs is 1. The Labute approximate surface area is 66.2 Å². The Kier molecular flexibility index (Phi) is 1.05. The van der Waals surface area contributed by atoms with Gasteiger partial charge in [-0.15, -0.1) is 0 Å². The Balaban J connectivity index is 2.27. The van der Waals surface area contributed by atoms with Crippen molar-refractivity contribution in [2.45, 2.75) is 19.8 Å². The molecule has 0 aliphatic heterocycles. The van der Waals surface area contributed by atoms with Crippen LogP contribution >= 0.6 is 0 Å².